The summed E-state index contributed by atoms with van der Waals surface area (Å²) in [5.41, 5.74) is 0.352. The predicted molar refractivity (Wildman–Crippen MR) is 55.7 cm³/mol. The number of hydrogen-bond acceptors (Lipinski definition) is 4. The second-order valence-electron chi connectivity index (χ2n) is 3.27. The first-order valence-electron chi connectivity index (χ1n) is 4.73. The van der Waals surface area contributed by atoms with Crippen LogP contribution >= 0.6 is 0 Å². The molecule has 0 bridgehead atoms. The molecule has 2 N–H and O–H groups in total. The molecule has 16 heavy (non-hydrogen) atoms. The Bertz CT molecular complexity index is 413. The van der Waals surface area contributed by atoms with E-state index in [4.69, 9.17) is 9.84 Å². The van der Waals surface area contributed by atoms with Crippen molar-refractivity contribution in [1.29, 1.82) is 0 Å². The van der Waals surface area contributed by atoms with Gasteiger partial charge in [0.25, 0.3) is 0 Å². The van der Waals surface area contributed by atoms with Crippen LogP contribution in [0.25, 0.3) is 0 Å². The van der Waals surface area contributed by atoms with Crippen molar-refractivity contribution in [2.24, 2.45) is 0 Å². The highest BCUT2D eigenvalue weighted by atomic mass is 16.5. The van der Waals surface area contributed by atoms with Crippen LogP contribution in [0.2, 0.25) is 0 Å². The van der Waals surface area contributed by atoms with Gasteiger partial charge in [-0.05, 0) is 24.6 Å². The summed E-state index contributed by atoms with van der Waals surface area (Å²) in [5.74, 6) is -1.97. The van der Waals surface area contributed by atoms with Crippen molar-refractivity contribution >= 4 is 11.9 Å². The minimum Gasteiger partial charge on any atom is -0.504 e. The van der Waals surface area contributed by atoms with Crippen LogP contribution in [0.1, 0.15) is 29.3 Å². The molecule has 1 aromatic rings. The predicted octanol–water partition coefficient (Wildman–Crippen LogP) is 1.71. The van der Waals surface area contributed by atoms with Crippen LogP contribution in [0.4, 0.5) is 0 Å². The Balaban J connectivity index is 3.12. The molecule has 0 atom stereocenters. The maximum Gasteiger partial charge on any atom is 0.335 e. The van der Waals surface area contributed by atoms with Crippen LogP contribution in [0, 0.1) is 6.92 Å². The number of hydrogen-bond donors (Lipinski definition) is 2. The van der Waals surface area contributed by atoms with Gasteiger partial charge >= 0.3 is 11.9 Å². The quantitative estimate of drug-likeness (QED) is 0.603. The van der Waals surface area contributed by atoms with Crippen molar-refractivity contribution in [2.45, 2.75) is 20.3 Å². The van der Waals surface area contributed by atoms with E-state index in [2.05, 4.69) is 0 Å². The van der Waals surface area contributed by atoms with Gasteiger partial charge in [-0.1, -0.05) is 6.92 Å². The highest BCUT2D eigenvalue weighted by molar-refractivity contribution is 5.89. The van der Waals surface area contributed by atoms with Crippen molar-refractivity contribution in [3.63, 3.8) is 0 Å². The van der Waals surface area contributed by atoms with E-state index in [1.807, 2.05) is 0 Å². The molecular formula is C11H12O5. The number of carbonyl (C=O) groups excluding carboxylic acids is 1. The van der Waals surface area contributed by atoms with E-state index >= 15 is 0 Å². The number of benzene rings is 1. The molecule has 0 aromatic heterocycles. The number of phenols is 1. The number of rotatable bonds is 3. The lowest BCUT2D eigenvalue weighted by molar-refractivity contribution is -0.134. The molecule has 0 aliphatic rings. The van der Waals surface area contributed by atoms with Gasteiger partial charge in [-0.15, -0.1) is 0 Å². The van der Waals surface area contributed by atoms with Crippen LogP contribution in [0.15, 0.2) is 12.1 Å². The van der Waals surface area contributed by atoms with E-state index in [1.165, 1.54) is 6.07 Å². The largest absolute Gasteiger partial charge is 0.504 e. The summed E-state index contributed by atoms with van der Waals surface area (Å²) in [5, 5.41) is 18.3. The third-order valence-electron chi connectivity index (χ3n) is 2.01. The van der Waals surface area contributed by atoms with Crippen molar-refractivity contribution < 1.29 is 24.5 Å². The van der Waals surface area contributed by atoms with Gasteiger partial charge in [-0.3, -0.25) is 4.79 Å². The third-order valence-corrected chi connectivity index (χ3v) is 2.01. The highest BCUT2D eigenvalue weighted by Crippen LogP contribution is 2.31. The summed E-state index contributed by atoms with van der Waals surface area (Å²) in [6.07, 6.45) is 0.180. The number of aryl methyl sites for hydroxylation is 1. The fourth-order valence-electron chi connectivity index (χ4n) is 1.20. The molecule has 5 nitrogen and oxygen atoms in total. The number of carboxylic acids is 1. The summed E-state index contributed by atoms with van der Waals surface area (Å²) in [7, 11) is 0. The average Bonchev–Trinajstić information content (AvgIpc) is 2.22. The normalized spacial score (nSPS) is 9.88. The van der Waals surface area contributed by atoms with Gasteiger partial charge in [0.2, 0.25) is 0 Å². The van der Waals surface area contributed by atoms with Crippen molar-refractivity contribution in [3.8, 4) is 11.5 Å². The molecule has 0 amide bonds. The van der Waals surface area contributed by atoms with Crippen LogP contribution in [0.5, 0.6) is 11.5 Å². The molecule has 0 aliphatic heterocycles. The van der Waals surface area contributed by atoms with Gasteiger partial charge in [0.15, 0.2) is 11.5 Å². The molecule has 1 rings (SSSR count). The third kappa shape index (κ3) is 2.50. The molecule has 0 saturated heterocycles. The monoisotopic (exact) mass is 224 g/mol. The first kappa shape index (κ1) is 12.0. The van der Waals surface area contributed by atoms with Crippen molar-refractivity contribution in [1.82, 2.24) is 0 Å². The lowest BCUT2D eigenvalue weighted by Crippen LogP contribution is -2.07. The highest BCUT2D eigenvalue weighted by Gasteiger charge is 2.14. The molecule has 0 fully saturated rings. The Morgan fingerprint density at radius 3 is 2.44 bits per heavy atom. The minimum atomic E-state index is -1.15. The van der Waals surface area contributed by atoms with Gasteiger partial charge in [-0.2, -0.15) is 0 Å². The number of aromatic carboxylic acids is 1. The Morgan fingerprint density at radius 2 is 2.00 bits per heavy atom. The SMILES string of the molecule is CCC(=O)Oc1c(C)cc(C(=O)O)cc1O. The number of aromatic hydroxyl groups is 1. The first-order chi connectivity index (χ1) is 7.45. The second kappa shape index (κ2) is 4.65. The number of esters is 1. The first-order valence-corrected chi connectivity index (χ1v) is 4.73. The van der Waals surface area contributed by atoms with E-state index in [0.29, 0.717) is 5.56 Å². The van der Waals surface area contributed by atoms with Gasteiger partial charge < -0.3 is 14.9 Å². The van der Waals surface area contributed by atoms with Crippen molar-refractivity contribution in [2.75, 3.05) is 0 Å². The Hall–Kier alpha value is -2.04. The van der Waals surface area contributed by atoms with Gasteiger partial charge in [0.05, 0.1) is 5.56 Å². The molecule has 0 unspecified atom stereocenters. The molecule has 0 aliphatic carbocycles. The maximum atomic E-state index is 11.1. The molecule has 5 heteroatoms. The lowest BCUT2D eigenvalue weighted by Gasteiger charge is -2.09. The van der Waals surface area contributed by atoms with E-state index in [-0.39, 0.29) is 23.5 Å². The molecule has 0 heterocycles. The molecular weight excluding hydrogens is 212 g/mol. The number of carbonyl (C=O) groups is 2. The zero-order chi connectivity index (χ0) is 12.3. The van der Waals surface area contributed by atoms with Crippen molar-refractivity contribution in [3.05, 3.63) is 23.3 Å². The van der Waals surface area contributed by atoms with E-state index in [9.17, 15) is 14.7 Å². The lowest BCUT2D eigenvalue weighted by atomic mass is 10.1. The smallest absolute Gasteiger partial charge is 0.335 e. The Morgan fingerprint density at radius 1 is 1.38 bits per heavy atom. The number of phenolic OH excluding ortho intramolecular Hbond substituents is 1. The van der Waals surface area contributed by atoms with E-state index in [1.54, 1.807) is 13.8 Å². The second-order valence-corrected chi connectivity index (χ2v) is 3.27. The molecule has 0 radical (unpaired) electrons. The summed E-state index contributed by atoms with van der Waals surface area (Å²) in [6, 6.07) is 2.38. The van der Waals surface area contributed by atoms with Gasteiger partial charge in [0.1, 0.15) is 0 Å². The van der Waals surface area contributed by atoms with Crippen LogP contribution in [-0.2, 0) is 4.79 Å². The molecule has 86 valence electrons. The molecule has 0 spiro atoms. The topological polar surface area (TPSA) is 83.8 Å². The zero-order valence-corrected chi connectivity index (χ0v) is 8.98. The number of carboxylic acid groups (broad SMARTS) is 1. The summed E-state index contributed by atoms with van der Waals surface area (Å²) < 4.78 is 4.88. The standard InChI is InChI=1S/C11H12O5/c1-3-9(13)16-10-6(2)4-7(11(14)15)5-8(10)12/h4-5,12H,3H2,1-2H3,(H,14,15). The minimum absolute atomic E-state index is 0.0110. The molecule has 0 saturated carbocycles. The maximum absolute atomic E-state index is 11.1. The number of ether oxygens (including phenoxy) is 1. The average molecular weight is 224 g/mol. The summed E-state index contributed by atoms with van der Waals surface area (Å²) in [6.45, 7) is 3.19. The fourth-order valence-corrected chi connectivity index (χ4v) is 1.20. The van der Waals surface area contributed by atoms with Crippen LogP contribution in [-0.4, -0.2) is 22.2 Å². The Labute approximate surface area is 92.3 Å². The molecule has 1 aromatic carbocycles. The van der Waals surface area contributed by atoms with E-state index in [0.717, 1.165) is 6.07 Å². The summed E-state index contributed by atoms with van der Waals surface area (Å²) >= 11 is 0. The van der Waals surface area contributed by atoms with E-state index < -0.39 is 11.9 Å². The van der Waals surface area contributed by atoms with Crippen LogP contribution in [0.3, 0.4) is 0 Å². The van der Waals surface area contributed by atoms with Gasteiger partial charge in [0, 0.05) is 6.42 Å². The fraction of sp³-hybridized carbons (Fsp3) is 0.273. The van der Waals surface area contributed by atoms with Crippen LogP contribution < -0.4 is 4.74 Å². The zero-order valence-electron chi connectivity index (χ0n) is 8.98. The summed E-state index contributed by atoms with van der Waals surface area (Å²) in [4.78, 5) is 21.7. The Kier molecular flexibility index (Phi) is 3.50. The van der Waals surface area contributed by atoms with Gasteiger partial charge in [-0.25, -0.2) is 4.79 Å².